The third-order valence-electron chi connectivity index (χ3n) is 5.48. The van der Waals surface area contributed by atoms with Crippen LogP contribution in [0.1, 0.15) is 18.4 Å². The highest BCUT2D eigenvalue weighted by Crippen LogP contribution is 2.24. The van der Waals surface area contributed by atoms with E-state index in [9.17, 15) is 14.0 Å². The normalized spacial score (nSPS) is 13.9. The van der Waals surface area contributed by atoms with Crippen molar-refractivity contribution in [3.05, 3.63) is 84.3 Å². The lowest BCUT2D eigenvalue weighted by molar-refractivity contribution is -0.121. The second kappa shape index (κ2) is 10.6. The summed E-state index contributed by atoms with van der Waals surface area (Å²) >= 11 is 0. The standard InChI is InChI=1S/C25H25FN4O3/c26-20-7-4-10-22(16-20)33-24-19(6-5-13-27-24)17-28-25(32)30-14-11-18(12-15-30)23(31)29-21-8-2-1-3-9-21/h1-10,13,16,18H,11-12,14-15,17H2,(H,28,32)(H,29,31). The van der Waals surface area contributed by atoms with Gasteiger partial charge in [0.2, 0.25) is 11.8 Å². The van der Waals surface area contributed by atoms with Crippen LogP contribution in [0, 0.1) is 11.7 Å². The van der Waals surface area contributed by atoms with Gasteiger partial charge in [0.25, 0.3) is 0 Å². The summed E-state index contributed by atoms with van der Waals surface area (Å²) in [4.78, 5) is 31.1. The number of piperidine rings is 1. The summed E-state index contributed by atoms with van der Waals surface area (Å²) in [5.41, 5.74) is 1.45. The second-order valence-electron chi connectivity index (χ2n) is 7.80. The molecule has 0 spiro atoms. The molecule has 0 aliphatic carbocycles. The second-order valence-corrected chi connectivity index (χ2v) is 7.80. The highest BCUT2D eigenvalue weighted by atomic mass is 19.1. The van der Waals surface area contributed by atoms with E-state index in [4.69, 9.17) is 4.74 Å². The molecule has 2 heterocycles. The van der Waals surface area contributed by atoms with Crippen molar-refractivity contribution < 1.29 is 18.7 Å². The largest absolute Gasteiger partial charge is 0.439 e. The van der Waals surface area contributed by atoms with E-state index in [1.165, 1.54) is 12.1 Å². The lowest BCUT2D eigenvalue weighted by atomic mass is 9.96. The zero-order valence-electron chi connectivity index (χ0n) is 18.0. The molecule has 0 unspecified atom stereocenters. The molecule has 170 valence electrons. The summed E-state index contributed by atoms with van der Waals surface area (Å²) in [5.74, 6) is 0.0885. The van der Waals surface area contributed by atoms with Crippen LogP contribution in [0.2, 0.25) is 0 Å². The summed E-state index contributed by atoms with van der Waals surface area (Å²) in [6, 6.07) is 18.5. The summed E-state index contributed by atoms with van der Waals surface area (Å²) in [5, 5.41) is 5.81. The summed E-state index contributed by atoms with van der Waals surface area (Å²) < 4.78 is 19.1. The summed E-state index contributed by atoms with van der Waals surface area (Å²) in [7, 11) is 0. The van der Waals surface area contributed by atoms with E-state index in [0.29, 0.717) is 43.1 Å². The number of carbonyl (C=O) groups is 2. The molecule has 1 aromatic heterocycles. The van der Waals surface area contributed by atoms with Crippen LogP contribution in [0.5, 0.6) is 11.6 Å². The number of nitrogens with zero attached hydrogens (tertiary/aromatic N) is 2. The number of halogens is 1. The molecule has 33 heavy (non-hydrogen) atoms. The Hall–Kier alpha value is -3.94. The van der Waals surface area contributed by atoms with Crippen LogP contribution in [0.3, 0.4) is 0 Å². The number of carbonyl (C=O) groups excluding carboxylic acids is 2. The summed E-state index contributed by atoms with van der Waals surface area (Å²) in [6.45, 7) is 1.21. The Bertz CT molecular complexity index is 1100. The predicted molar refractivity (Wildman–Crippen MR) is 122 cm³/mol. The van der Waals surface area contributed by atoms with E-state index in [-0.39, 0.29) is 24.4 Å². The smallest absolute Gasteiger partial charge is 0.317 e. The third-order valence-corrected chi connectivity index (χ3v) is 5.48. The van der Waals surface area contributed by atoms with Crippen molar-refractivity contribution in [1.29, 1.82) is 0 Å². The third kappa shape index (κ3) is 6.06. The number of pyridine rings is 1. The molecule has 2 N–H and O–H groups in total. The first-order valence-corrected chi connectivity index (χ1v) is 10.8. The number of para-hydroxylation sites is 1. The van der Waals surface area contributed by atoms with Crippen molar-refractivity contribution in [2.24, 2.45) is 5.92 Å². The van der Waals surface area contributed by atoms with Gasteiger partial charge in [-0.2, -0.15) is 0 Å². The molecule has 0 saturated carbocycles. The Morgan fingerprint density at radius 3 is 2.58 bits per heavy atom. The highest BCUT2D eigenvalue weighted by molar-refractivity contribution is 5.92. The molecule has 4 rings (SSSR count). The average Bonchev–Trinajstić information content (AvgIpc) is 2.84. The van der Waals surface area contributed by atoms with Gasteiger partial charge in [-0.15, -0.1) is 0 Å². The Labute approximate surface area is 191 Å². The van der Waals surface area contributed by atoms with Crippen LogP contribution in [0.4, 0.5) is 14.9 Å². The summed E-state index contributed by atoms with van der Waals surface area (Å²) in [6.07, 6.45) is 2.78. The monoisotopic (exact) mass is 448 g/mol. The van der Waals surface area contributed by atoms with E-state index in [2.05, 4.69) is 15.6 Å². The maximum atomic E-state index is 13.4. The van der Waals surface area contributed by atoms with Gasteiger partial charge >= 0.3 is 6.03 Å². The Balaban J connectivity index is 1.27. The van der Waals surface area contributed by atoms with Gasteiger partial charge in [-0.25, -0.2) is 14.2 Å². The molecular weight excluding hydrogens is 423 g/mol. The van der Waals surface area contributed by atoms with Crippen molar-refractivity contribution in [3.63, 3.8) is 0 Å². The quantitative estimate of drug-likeness (QED) is 0.579. The number of amides is 3. The fourth-order valence-corrected chi connectivity index (χ4v) is 3.69. The first kappa shape index (κ1) is 22.3. The Morgan fingerprint density at radius 2 is 1.82 bits per heavy atom. The number of likely N-dealkylation sites (tertiary alicyclic amines) is 1. The molecule has 2 aromatic carbocycles. The maximum Gasteiger partial charge on any atom is 0.317 e. The van der Waals surface area contributed by atoms with Crippen LogP contribution in [0.25, 0.3) is 0 Å². The highest BCUT2D eigenvalue weighted by Gasteiger charge is 2.27. The molecular formula is C25H25FN4O3. The molecule has 1 aliphatic heterocycles. The zero-order chi connectivity index (χ0) is 23.0. The molecule has 8 heteroatoms. The van der Waals surface area contributed by atoms with Crippen molar-refractivity contribution >= 4 is 17.6 Å². The number of anilines is 1. The number of benzene rings is 2. The van der Waals surface area contributed by atoms with Gasteiger partial charge in [0.1, 0.15) is 11.6 Å². The van der Waals surface area contributed by atoms with E-state index >= 15 is 0 Å². The number of ether oxygens (including phenoxy) is 1. The predicted octanol–water partition coefficient (Wildman–Crippen LogP) is 4.57. The lowest BCUT2D eigenvalue weighted by Gasteiger charge is -2.31. The maximum absolute atomic E-state index is 13.4. The molecule has 0 bridgehead atoms. The minimum atomic E-state index is -0.404. The minimum absolute atomic E-state index is 0.0178. The van der Waals surface area contributed by atoms with Crippen molar-refractivity contribution in [2.75, 3.05) is 18.4 Å². The molecule has 7 nitrogen and oxygen atoms in total. The molecule has 3 aromatic rings. The topological polar surface area (TPSA) is 83.6 Å². The first-order chi connectivity index (χ1) is 16.1. The molecule has 1 aliphatic rings. The van der Waals surface area contributed by atoms with Gasteiger partial charge in [0.05, 0.1) is 0 Å². The van der Waals surface area contributed by atoms with Gasteiger partial charge in [0.15, 0.2) is 0 Å². The molecule has 0 radical (unpaired) electrons. The van der Waals surface area contributed by atoms with Crippen LogP contribution in [-0.2, 0) is 11.3 Å². The van der Waals surface area contributed by atoms with E-state index in [1.807, 2.05) is 30.3 Å². The zero-order valence-corrected chi connectivity index (χ0v) is 18.0. The van der Waals surface area contributed by atoms with Gasteiger partial charge in [-0.3, -0.25) is 4.79 Å². The van der Waals surface area contributed by atoms with Crippen molar-refractivity contribution in [3.8, 4) is 11.6 Å². The van der Waals surface area contributed by atoms with Crippen LogP contribution in [0.15, 0.2) is 72.9 Å². The van der Waals surface area contributed by atoms with Crippen molar-refractivity contribution in [1.82, 2.24) is 15.2 Å². The van der Waals surface area contributed by atoms with E-state index in [1.54, 1.807) is 35.4 Å². The number of urea groups is 1. The SMILES string of the molecule is O=C(Nc1ccccc1)C1CCN(C(=O)NCc2cccnc2Oc2cccc(F)c2)CC1. The van der Waals surface area contributed by atoms with Gasteiger partial charge in [0, 0.05) is 49.1 Å². The number of rotatable bonds is 6. The molecule has 1 saturated heterocycles. The fraction of sp³-hybridized carbons (Fsp3) is 0.240. The first-order valence-electron chi connectivity index (χ1n) is 10.8. The average molecular weight is 448 g/mol. The Kier molecular flexibility index (Phi) is 7.14. The van der Waals surface area contributed by atoms with Crippen LogP contribution >= 0.6 is 0 Å². The molecule has 0 atom stereocenters. The lowest BCUT2D eigenvalue weighted by Crippen LogP contribution is -2.45. The number of aromatic nitrogens is 1. The van der Waals surface area contributed by atoms with Crippen LogP contribution in [-0.4, -0.2) is 34.9 Å². The van der Waals surface area contributed by atoms with Crippen molar-refractivity contribution in [2.45, 2.75) is 19.4 Å². The van der Waals surface area contributed by atoms with Gasteiger partial charge < -0.3 is 20.3 Å². The van der Waals surface area contributed by atoms with E-state index < -0.39 is 5.82 Å². The Morgan fingerprint density at radius 1 is 1.03 bits per heavy atom. The van der Waals surface area contributed by atoms with E-state index in [0.717, 1.165) is 5.69 Å². The molecule has 3 amide bonds. The minimum Gasteiger partial charge on any atom is -0.439 e. The number of nitrogens with one attached hydrogen (secondary N) is 2. The number of hydrogen-bond donors (Lipinski definition) is 2. The van der Waals surface area contributed by atoms with Gasteiger partial charge in [-0.05, 0) is 43.2 Å². The van der Waals surface area contributed by atoms with Gasteiger partial charge in [-0.1, -0.05) is 30.3 Å². The fourth-order valence-electron chi connectivity index (χ4n) is 3.69. The molecule has 1 fully saturated rings. The van der Waals surface area contributed by atoms with Crippen LogP contribution < -0.4 is 15.4 Å². The number of hydrogen-bond acceptors (Lipinski definition) is 4.